The summed E-state index contributed by atoms with van der Waals surface area (Å²) >= 11 is 0. The highest BCUT2D eigenvalue weighted by Crippen LogP contribution is 2.31. The van der Waals surface area contributed by atoms with Gasteiger partial charge in [-0.15, -0.1) is 0 Å². The van der Waals surface area contributed by atoms with Gasteiger partial charge in [-0.1, -0.05) is 0 Å². The van der Waals surface area contributed by atoms with Crippen LogP contribution in [0.3, 0.4) is 0 Å². The highest BCUT2D eigenvalue weighted by Gasteiger charge is 2.24. The summed E-state index contributed by atoms with van der Waals surface area (Å²) in [5, 5.41) is 13.6. The normalized spacial score (nSPS) is 20.0. The Morgan fingerprint density at radius 3 is 2.90 bits per heavy atom. The van der Waals surface area contributed by atoms with E-state index in [0.29, 0.717) is 5.69 Å². The quantitative estimate of drug-likeness (QED) is 0.389. The lowest BCUT2D eigenvalue weighted by molar-refractivity contribution is -0.385. The van der Waals surface area contributed by atoms with Crippen LogP contribution in [0.2, 0.25) is 0 Å². The first-order chi connectivity index (χ1) is 9.83. The summed E-state index contributed by atoms with van der Waals surface area (Å²) in [5.41, 5.74) is 0.186. The number of carbonyl (C=O) groups excluding carboxylic acids is 1. The van der Waals surface area contributed by atoms with E-state index in [-0.39, 0.29) is 29.4 Å². The van der Waals surface area contributed by atoms with Gasteiger partial charge in [0.15, 0.2) is 0 Å². The number of benzene rings is 1. The van der Waals surface area contributed by atoms with Crippen LogP contribution in [0.1, 0.15) is 13.3 Å². The van der Waals surface area contributed by atoms with Gasteiger partial charge in [0.2, 0.25) is 0 Å². The van der Waals surface area contributed by atoms with E-state index in [1.54, 1.807) is 6.92 Å². The number of non-ortho nitro benzene ring substituents is 1. The molecule has 0 radical (unpaired) electrons. The second-order valence-corrected chi connectivity index (χ2v) is 6.13. The number of hydrogen-bond donors (Lipinski definition) is 1. The Labute approximate surface area is 121 Å². The Hall–Kier alpha value is -2.42. The molecule has 0 saturated heterocycles. The lowest BCUT2D eigenvalue weighted by atomic mass is 10.2. The maximum atomic E-state index is 12.4. The summed E-state index contributed by atoms with van der Waals surface area (Å²) in [5.74, 6) is 3.15. The molecule has 1 aliphatic rings. The van der Waals surface area contributed by atoms with Gasteiger partial charge < -0.3 is 10.1 Å². The van der Waals surface area contributed by atoms with Crippen molar-refractivity contribution in [2.45, 2.75) is 18.2 Å². The zero-order valence-electron chi connectivity index (χ0n) is 11.2. The van der Waals surface area contributed by atoms with Gasteiger partial charge in [0.1, 0.15) is 12.3 Å². The average Bonchev–Trinajstić information content (AvgIpc) is 2.37. The predicted molar refractivity (Wildman–Crippen MR) is 78.9 cm³/mol. The van der Waals surface area contributed by atoms with Crippen LogP contribution in [0.25, 0.3) is 0 Å². The number of esters is 1. The summed E-state index contributed by atoms with van der Waals surface area (Å²) in [7, 11) is -3.09. The minimum absolute atomic E-state index is 0.143. The number of nitro groups is 1. The Bertz CT molecular complexity index is 739. The minimum Gasteiger partial charge on any atom is -0.466 e. The molecule has 0 bridgehead atoms. The van der Waals surface area contributed by atoms with Crippen LogP contribution >= 0.6 is 0 Å². The molecule has 1 N–H and O–H groups in total. The zero-order valence-corrected chi connectivity index (χ0v) is 12.0. The van der Waals surface area contributed by atoms with Crippen molar-refractivity contribution in [3.63, 3.8) is 0 Å². The molecule has 1 aromatic carbocycles. The summed E-state index contributed by atoms with van der Waals surface area (Å²) in [6.07, 6.45) is -0.170. The maximum Gasteiger partial charge on any atom is 0.313 e. The van der Waals surface area contributed by atoms with Crippen LogP contribution in [-0.2, 0) is 19.2 Å². The van der Waals surface area contributed by atoms with Crippen molar-refractivity contribution in [3.8, 4) is 0 Å². The number of carbonyl (C=O) groups is 1. The number of anilines is 1. The van der Waals surface area contributed by atoms with E-state index < -0.39 is 20.6 Å². The van der Waals surface area contributed by atoms with Gasteiger partial charge in [0, 0.05) is 12.1 Å². The second-order valence-electron chi connectivity index (χ2n) is 4.22. The smallest absolute Gasteiger partial charge is 0.313 e. The molecular formula is C12H13N3O5S. The highest BCUT2D eigenvalue weighted by molar-refractivity contribution is 7.99. The minimum atomic E-state index is -3.09. The van der Waals surface area contributed by atoms with Crippen molar-refractivity contribution in [2.24, 2.45) is 4.40 Å². The topological polar surface area (TPSA) is 111 Å². The lowest BCUT2D eigenvalue weighted by Gasteiger charge is -2.20. The Morgan fingerprint density at radius 2 is 2.29 bits per heavy atom. The fourth-order valence-electron chi connectivity index (χ4n) is 1.82. The molecule has 21 heavy (non-hydrogen) atoms. The molecule has 1 atom stereocenters. The van der Waals surface area contributed by atoms with Crippen LogP contribution in [0, 0.1) is 10.1 Å². The maximum absolute atomic E-state index is 12.4. The van der Waals surface area contributed by atoms with Crippen molar-refractivity contribution in [3.05, 3.63) is 28.3 Å². The SMILES string of the molecule is C=S1(=O)N=C(CC(=O)OCC)Nc2ccc([N+](=O)[O-])cc21. The van der Waals surface area contributed by atoms with Gasteiger partial charge >= 0.3 is 5.97 Å². The van der Waals surface area contributed by atoms with Crippen LogP contribution in [0.15, 0.2) is 27.5 Å². The Morgan fingerprint density at radius 1 is 1.57 bits per heavy atom. The molecule has 0 amide bonds. The molecule has 0 aliphatic carbocycles. The largest absolute Gasteiger partial charge is 0.466 e. The molecule has 0 saturated carbocycles. The molecule has 0 aromatic heterocycles. The van der Waals surface area contributed by atoms with E-state index in [2.05, 4.69) is 15.6 Å². The highest BCUT2D eigenvalue weighted by atomic mass is 32.2. The Balaban J connectivity index is 2.36. The summed E-state index contributed by atoms with van der Waals surface area (Å²) < 4.78 is 21.1. The fraction of sp³-hybridized carbons (Fsp3) is 0.250. The summed E-state index contributed by atoms with van der Waals surface area (Å²) in [6.45, 7) is 1.90. The van der Waals surface area contributed by atoms with E-state index in [0.717, 1.165) is 0 Å². The van der Waals surface area contributed by atoms with Crippen molar-refractivity contribution in [2.75, 3.05) is 11.9 Å². The molecule has 0 spiro atoms. The summed E-state index contributed by atoms with van der Waals surface area (Å²) in [6, 6.07) is 3.86. The van der Waals surface area contributed by atoms with Crippen LogP contribution in [0.5, 0.6) is 0 Å². The Kier molecular flexibility index (Phi) is 3.94. The number of hydrogen-bond acceptors (Lipinski definition) is 6. The van der Waals surface area contributed by atoms with Gasteiger partial charge in [0.05, 0.1) is 31.8 Å². The third-order valence-corrected chi connectivity index (χ3v) is 4.21. The van der Waals surface area contributed by atoms with E-state index in [1.165, 1.54) is 18.2 Å². The molecule has 9 heteroatoms. The molecule has 112 valence electrons. The van der Waals surface area contributed by atoms with E-state index in [4.69, 9.17) is 4.74 Å². The average molecular weight is 311 g/mol. The van der Waals surface area contributed by atoms with Crippen LogP contribution < -0.4 is 5.32 Å². The third kappa shape index (κ3) is 3.19. The number of amidine groups is 1. The fourth-order valence-corrected chi connectivity index (χ4v) is 3.15. The molecule has 1 heterocycles. The monoisotopic (exact) mass is 311 g/mol. The predicted octanol–water partition coefficient (Wildman–Crippen LogP) is 1.36. The number of nitro benzene ring substituents is 1. The van der Waals surface area contributed by atoms with Crippen molar-refractivity contribution >= 4 is 38.8 Å². The van der Waals surface area contributed by atoms with Gasteiger partial charge in [-0.05, 0) is 18.9 Å². The first kappa shape index (κ1) is 15.0. The van der Waals surface area contributed by atoms with Crippen molar-refractivity contribution in [1.82, 2.24) is 0 Å². The molecule has 0 fully saturated rings. The van der Waals surface area contributed by atoms with Gasteiger partial charge in [0.25, 0.3) is 5.69 Å². The van der Waals surface area contributed by atoms with Gasteiger partial charge in [-0.3, -0.25) is 14.9 Å². The van der Waals surface area contributed by atoms with E-state index in [1.807, 2.05) is 0 Å². The van der Waals surface area contributed by atoms with E-state index >= 15 is 0 Å². The summed E-state index contributed by atoms with van der Waals surface area (Å²) in [4.78, 5) is 21.7. The zero-order chi connectivity index (χ0) is 15.6. The first-order valence-electron chi connectivity index (χ1n) is 6.00. The first-order valence-corrected chi connectivity index (χ1v) is 7.69. The standard InChI is InChI=1S/C12H13N3O5S/c1-3-20-12(16)7-11-13-9-5-4-8(15(17)18)6-10(9)21(2,19)14-11/h4-6H,2-3,7H2,1H3,(H,13,14,19). The number of rotatable bonds is 4. The second kappa shape index (κ2) is 5.52. The molecular weight excluding hydrogens is 298 g/mol. The molecule has 8 nitrogen and oxygen atoms in total. The third-order valence-electron chi connectivity index (χ3n) is 2.67. The van der Waals surface area contributed by atoms with Crippen LogP contribution in [-0.4, -0.2) is 33.4 Å². The van der Waals surface area contributed by atoms with E-state index in [9.17, 15) is 19.1 Å². The number of nitrogens with zero attached hydrogens (tertiary/aromatic N) is 2. The van der Waals surface area contributed by atoms with Crippen molar-refractivity contribution in [1.29, 1.82) is 0 Å². The van der Waals surface area contributed by atoms with Gasteiger partial charge in [-0.25, -0.2) is 4.21 Å². The van der Waals surface area contributed by atoms with Crippen LogP contribution in [0.4, 0.5) is 11.4 Å². The number of fused-ring (bicyclic) bond motifs is 1. The lowest BCUT2D eigenvalue weighted by Crippen LogP contribution is -2.24. The van der Waals surface area contributed by atoms with Gasteiger partial charge in [-0.2, -0.15) is 4.40 Å². The molecule has 2 rings (SSSR count). The van der Waals surface area contributed by atoms with Crippen molar-refractivity contribution < 1.29 is 18.7 Å². The molecule has 1 unspecified atom stereocenters. The number of nitrogens with one attached hydrogen (secondary N) is 1. The molecule has 1 aromatic rings. The molecule has 1 aliphatic heterocycles. The number of ether oxygens (including phenoxy) is 1.